The molecule has 1 N–H and O–H groups in total. The first-order valence-corrected chi connectivity index (χ1v) is 15.5. The van der Waals surface area contributed by atoms with Crippen LogP contribution in [-0.4, -0.2) is 29.7 Å². The molecular formula is C31H41O5P. The summed E-state index contributed by atoms with van der Waals surface area (Å²) >= 11 is 0. The molecule has 0 aliphatic heterocycles. The van der Waals surface area contributed by atoms with Gasteiger partial charge in [-0.2, -0.15) is 0 Å². The zero-order chi connectivity index (χ0) is 26.6. The molecule has 1 aromatic rings. The largest absolute Gasteiger partial charge is 0.385 e. The maximum Gasteiger partial charge on any atom is 0.361 e. The van der Waals surface area contributed by atoms with E-state index in [1.54, 1.807) is 0 Å². The van der Waals surface area contributed by atoms with Crippen molar-refractivity contribution < 1.29 is 23.5 Å². The first-order chi connectivity index (χ1) is 17.6. The van der Waals surface area contributed by atoms with Crippen molar-refractivity contribution in [1.82, 2.24) is 0 Å². The molecule has 2 fully saturated rings. The van der Waals surface area contributed by atoms with Crippen LogP contribution in [0.1, 0.15) is 84.1 Å². The second kappa shape index (κ2) is 9.75. The fourth-order valence-corrected chi connectivity index (χ4v) is 9.65. The van der Waals surface area contributed by atoms with Gasteiger partial charge in [0.2, 0.25) is 0 Å². The molecule has 0 heterocycles. The lowest BCUT2D eigenvalue weighted by molar-refractivity contribution is -0.114. The van der Waals surface area contributed by atoms with Gasteiger partial charge in [0.15, 0.2) is 5.78 Å². The Hall–Kier alpha value is -1.78. The highest BCUT2D eigenvalue weighted by Gasteiger charge is 2.63. The van der Waals surface area contributed by atoms with Crippen molar-refractivity contribution in [2.45, 2.75) is 84.2 Å². The Kier molecular flexibility index (Phi) is 7.07. The van der Waals surface area contributed by atoms with E-state index in [0.717, 1.165) is 49.7 Å². The molecule has 1 aromatic carbocycles. The molecule has 37 heavy (non-hydrogen) atoms. The highest BCUT2D eigenvalue weighted by atomic mass is 31.2. The zero-order valence-electron chi connectivity index (χ0n) is 22.7. The normalized spacial score (nSPS) is 33.5. The van der Waals surface area contributed by atoms with Gasteiger partial charge in [-0.25, -0.2) is 0 Å². The van der Waals surface area contributed by atoms with E-state index in [9.17, 15) is 14.5 Å². The molecule has 5 rings (SSSR count). The minimum atomic E-state index is -3.37. The van der Waals surface area contributed by atoms with E-state index in [1.165, 1.54) is 16.7 Å². The van der Waals surface area contributed by atoms with Gasteiger partial charge >= 0.3 is 7.60 Å². The lowest BCUT2D eigenvalue weighted by atomic mass is 9.50. The van der Waals surface area contributed by atoms with E-state index in [2.05, 4.69) is 25.6 Å². The molecular weight excluding hydrogens is 483 g/mol. The standard InChI is InChI=1S/C31H41O5P/c1-6-35-37(34,36-7-2)24-12-8-21(9-13-24)27-19-30(5)28(16-17-31(30,33)20(3)4)26-14-10-22-18-23(32)11-15-25(22)29(26)27/h8-9,12-13,18,26-28,33H,3,6-7,10-11,14-17,19H2,1-2,4-5H3/t26?,27-,28+,30+,31+/m1/s1. The predicted octanol–water partition coefficient (Wildman–Crippen LogP) is 6.78. The van der Waals surface area contributed by atoms with Gasteiger partial charge in [0.25, 0.3) is 0 Å². The molecule has 0 saturated heterocycles. The number of allylic oxidation sites excluding steroid dienone is 4. The Morgan fingerprint density at radius 2 is 1.78 bits per heavy atom. The molecule has 0 bridgehead atoms. The molecule has 5 nitrogen and oxygen atoms in total. The number of carbonyl (C=O) groups excluding carboxylic acids is 1. The Balaban J connectivity index is 1.62. The van der Waals surface area contributed by atoms with Crippen LogP contribution in [0.5, 0.6) is 0 Å². The van der Waals surface area contributed by atoms with Gasteiger partial charge in [0, 0.05) is 17.8 Å². The molecule has 1 unspecified atom stereocenters. The third-order valence-corrected chi connectivity index (χ3v) is 11.9. The second-order valence-corrected chi connectivity index (χ2v) is 13.6. The third-order valence-electron chi connectivity index (χ3n) is 9.80. The molecule has 2 saturated carbocycles. The van der Waals surface area contributed by atoms with Crippen molar-refractivity contribution in [3.63, 3.8) is 0 Å². The Bertz CT molecular complexity index is 1200. The summed E-state index contributed by atoms with van der Waals surface area (Å²) in [6.07, 6.45) is 7.79. The number of hydrogen-bond donors (Lipinski definition) is 1. The van der Waals surface area contributed by atoms with Crippen LogP contribution in [0.2, 0.25) is 0 Å². The fourth-order valence-electron chi connectivity index (χ4n) is 8.08. The number of benzene rings is 1. The van der Waals surface area contributed by atoms with E-state index < -0.39 is 13.2 Å². The highest BCUT2D eigenvalue weighted by molar-refractivity contribution is 7.62. The smallest absolute Gasteiger partial charge is 0.361 e. The fraction of sp³-hybridized carbons (Fsp3) is 0.581. The predicted molar refractivity (Wildman–Crippen MR) is 147 cm³/mol. The van der Waals surface area contributed by atoms with Gasteiger partial charge < -0.3 is 14.2 Å². The van der Waals surface area contributed by atoms with Crippen molar-refractivity contribution in [3.8, 4) is 0 Å². The summed E-state index contributed by atoms with van der Waals surface area (Å²) in [6, 6.07) is 7.92. The Morgan fingerprint density at radius 3 is 2.41 bits per heavy atom. The molecule has 0 aromatic heterocycles. The summed E-state index contributed by atoms with van der Waals surface area (Å²) in [6.45, 7) is 12.7. The van der Waals surface area contributed by atoms with E-state index in [1.807, 2.05) is 39.0 Å². The molecule has 0 spiro atoms. The van der Waals surface area contributed by atoms with Gasteiger partial charge in [0.1, 0.15) is 0 Å². The van der Waals surface area contributed by atoms with Crippen molar-refractivity contribution in [2.75, 3.05) is 13.2 Å². The molecule has 4 aliphatic carbocycles. The molecule has 200 valence electrons. The Morgan fingerprint density at radius 1 is 1.11 bits per heavy atom. The number of aliphatic hydroxyl groups is 1. The summed E-state index contributed by atoms with van der Waals surface area (Å²) < 4.78 is 24.5. The minimum Gasteiger partial charge on any atom is -0.385 e. The van der Waals surface area contributed by atoms with Crippen molar-refractivity contribution in [1.29, 1.82) is 0 Å². The van der Waals surface area contributed by atoms with Crippen LogP contribution in [0.4, 0.5) is 0 Å². The summed E-state index contributed by atoms with van der Waals surface area (Å²) in [5.41, 5.74) is 4.93. The number of carbonyl (C=O) groups is 1. The van der Waals surface area contributed by atoms with Gasteiger partial charge in [0.05, 0.1) is 24.1 Å². The first kappa shape index (κ1) is 26.8. The van der Waals surface area contributed by atoms with E-state index in [4.69, 9.17) is 9.05 Å². The van der Waals surface area contributed by atoms with Crippen LogP contribution in [0, 0.1) is 17.3 Å². The van der Waals surface area contributed by atoms with Crippen molar-refractivity contribution in [3.05, 3.63) is 64.8 Å². The summed E-state index contributed by atoms with van der Waals surface area (Å²) in [7, 11) is -3.37. The van der Waals surface area contributed by atoms with Crippen LogP contribution in [0.15, 0.2) is 59.2 Å². The van der Waals surface area contributed by atoms with Gasteiger partial charge in [-0.15, -0.1) is 0 Å². The van der Waals surface area contributed by atoms with Gasteiger partial charge in [-0.1, -0.05) is 31.2 Å². The number of fused-ring (bicyclic) bond motifs is 4. The third kappa shape index (κ3) is 4.18. The maximum absolute atomic E-state index is 13.4. The van der Waals surface area contributed by atoms with Gasteiger partial charge in [-0.3, -0.25) is 9.36 Å². The van der Waals surface area contributed by atoms with Crippen molar-refractivity contribution >= 4 is 18.7 Å². The minimum absolute atomic E-state index is 0.120. The quantitative estimate of drug-likeness (QED) is 0.314. The Labute approximate surface area is 221 Å². The average Bonchev–Trinajstić information content (AvgIpc) is 3.15. The van der Waals surface area contributed by atoms with E-state index >= 15 is 0 Å². The SMILES string of the molecule is C=C(C)[C@@]1(O)CC[C@H]2C3CCC4=CC(=O)CCC4=C3[C@@H](c3ccc(P(=O)(OCC)OCC)cc3)C[C@@]21C. The summed E-state index contributed by atoms with van der Waals surface area (Å²) in [4.78, 5) is 12.3. The summed E-state index contributed by atoms with van der Waals surface area (Å²) in [5, 5.41) is 12.5. The summed E-state index contributed by atoms with van der Waals surface area (Å²) in [5.74, 6) is 1.13. The van der Waals surface area contributed by atoms with Crippen LogP contribution in [0.3, 0.4) is 0 Å². The maximum atomic E-state index is 13.4. The number of ketones is 1. The molecule has 4 aliphatic rings. The van der Waals surface area contributed by atoms with Gasteiger partial charge in [-0.05, 0) is 112 Å². The van der Waals surface area contributed by atoms with Crippen LogP contribution in [0.25, 0.3) is 0 Å². The van der Waals surface area contributed by atoms with Crippen LogP contribution < -0.4 is 5.30 Å². The van der Waals surface area contributed by atoms with E-state index in [-0.39, 0.29) is 17.1 Å². The second-order valence-electron chi connectivity index (χ2n) is 11.6. The first-order valence-electron chi connectivity index (χ1n) is 13.9. The van der Waals surface area contributed by atoms with Crippen LogP contribution >= 0.6 is 7.60 Å². The lowest BCUT2D eigenvalue weighted by Gasteiger charge is -2.55. The average molecular weight is 525 g/mol. The number of rotatable bonds is 7. The molecule has 0 amide bonds. The molecule has 5 atom stereocenters. The monoisotopic (exact) mass is 524 g/mol. The highest BCUT2D eigenvalue weighted by Crippen LogP contribution is 2.67. The topological polar surface area (TPSA) is 72.8 Å². The zero-order valence-corrected chi connectivity index (χ0v) is 23.6. The van der Waals surface area contributed by atoms with Crippen molar-refractivity contribution in [2.24, 2.45) is 17.3 Å². The van der Waals surface area contributed by atoms with E-state index in [0.29, 0.717) is 36.8 Å². The number of hydrogen-bond acceptors (Lipinski definition) is 5. The molecule has 6 heteroatoms. The van der Waals surface area contributed by atoms with Crippen LogP contribution in [-0.2, 0) is 18.4 Å². The molecule has 0 radical (unpaired) electrons. The lowest BCUT2D eigenvalue weighted by Crippen LogP contribution is -2.52.